The van der Waals surface area contributed by atoms with E-state index in [-0.39, 0.29) is 11.9 Å². The molecule has 144 valence electrons. The summed E-state index contributed by atoms with van der Waals surface area (Å²) in [4.78, 5) is 17.3. The van der Waals surface area contributed by atoms with Crippen LogP contribution in [0.3, 0.4) is 0 Å². The highest BCUT2D eigenvalue weighted by atomic mass is 32.2. The minimum Gasteiger partial charge on any atom is -0.332 e. The standard InChI is InChI=1S/C19H26N6OS/c1-23-11-12-24(17(13-23)15-7-3-2-4-8-15)18(26)14-27-19-20-21-22-25(19)16-9-5-6-10-16/h2-4,7-8,16-17H,5-6,9-14H2,1H3. The summed E-state index contributed by atoms with van der Waals surface area (Å²) in [6.07, 6.45) is 4.71. The van der Waals surface area contributed by atoms with E-state index in [2.05, 4.69) is 39.6 Å². The number of tetrazole rings is 1. The van der Waals surface area contributed by atoms with Gasteiger partial charge in [-0.3, -0.25) is 4.79 Å². The summed E-state index contributed by atoms with van der Waals surface area (Å²) in [7, 11) is 2.11. The number of benzene rings is 1. The van der Waals surface area contributed by atoms with E-state index in [4.69, 9.17) is 0 Å². The van der Waals surface area contributed by atoms with E-state index in [1.807, 2.05) is 27.8 Å². The normalized spacial score (nSPS) is 21.7. The van der Waals surface area contributed by atoms with Crippen molar-refractivity contribution in [3.63, 3.8) is 0 Å². The molecule has 2 heterocycles. The molecule has 27 heavy (non-hydrogen) atoms. The zero-order valence-corrected chi connectivity index (χ0v) is 16.5. The van der Waals surface area contributed by atoms with Gasteiger partial charge < -0.3 is 9.80 Å². The second-order valence-electron chi connectivity index (χ2n) is 7.41. The van der Waals surface area contributed by atoms with Crippen LogP contribution in [0.2, 0.25) is 0 Å². The first-order valence-electron chi connectivity index (χ1n) is 9.66. The molecular weight excluding hydrogens is 360 g/mol. The van der Waals surface area contributed by atoms with Crippen molar-refractivity contribution in [3.8, 4) is 0 Å². The van der Waals surface area contributed by atoms with Gasteiger partial charge in [-0.2, -0.15) is 0 Å². The number of carbonyl (C=O) groups is 1. The van der Waals surface area contributed by atoms with Crippen molar-refractivity contribution in [2.24, 2.45) is 0 Å². The Balaban J connectivity index is 1.43. The fourth-order valence-corrected chi connectivity index (χ4v) is 4.88. The van der Waals surface area contributed by atoms with Crippen LogP contribution in [0.15, 0.2) is 35.5 Å². The molecule has 1 saturated heterocycles. The first kappa shape index (κ1) is 18.4. The molecule has 8 heteroatoms. The predicted octanol–water partition coefficient (Wildman–Crippen LogP) is 2.40. The smallest absolute Gasteiger partial charge is 0.233 e. The number of hydrogen-bond acceptors (Lipinski definition) is 6. The van der Waals surface area contributed by atoms with Crippen molar-refractivity contribution < 1.29 is 4.79 Å². The molecule has 1 amide bonds. The molecule has 1 aromatic carbocycles. The quantitative estimate of drug-likeness (QED) is 0.735. The number of hydrogen-bond donors (Lipinski definition) is 0. The Bertz CT molecular complexity index is 761. The fourth-order valence-electron chi connectivity index (χ4n) is 4.05. The molecule has 0 bridgehead atoms. The van der Waals surface area contributed by atoms with Gasteiger partial charge in [0, 0.05) is 19.6 Å². The van der Waals surface area contributed by atoms with E-state index < -0.39 is 0 Å². The van der Waals surface area contributed by atoms with E-state index in [0.717, 1.165) is 37.6 Å². The summed E-state index contributed by atoms with van der Waals surface area (Å²) in [5.74, 6) is 0.531. The number of nitrogens with zero attached hydrogens (tertiary/aromatic N) is 6. The van der Waals surface area contributed by atoms with Crippen LogP contribution in [0.1, 0.15) is 43.3 Å². The molecule has 2 fully saturated rings. The predicted molar refractivity (Wildman–Crippen MR) is 104 cm³/mol. The maximum atomic E-state index is 13.0. The van der Waals surface area contributed by atoms with Crippen molar-refractivity contribution in [2.45, 2.75) is 42.9 Å². The van der Waals surface area contributed by atoms with Crippen LogP contribution < -0.4 is 0 Å². The van der Waals surface area contributed by atoms with Gasteiger partial charge in [-0.05, 0) is 35.9 Å². The molecule has 0 radical (unpaired) electrons. The first-order valence-corrected chi connectivity index (χ1v) is 10.6. The third-order valence-corrected chi connectivity index (χ3v) is 6.46. The van der Waals surface area contributed by atoms with E-state index in [0.29, 0.717) is 11.8 Å². The van der Waals surface area contributed by atoms with Gasteiger partial charge >= 0.3 is 0 Å². The monoisotopic (exact) mass is 386 g/mol. The largest absolute Gasteiger partial charge is 0.332 e. The number of piperazine rings is 1. The number of likely N-dealkylation sites (N-methyl/N-ethyl adjacent to an activating group) is 1. The van der Waals surface area contributed by atoms with Crippen molar-refractivity contribution in [1.82, 2.24) is 30.0 Å². The summed E-state index contributed by atoms with van der Waals surface area (Å²) in [5, 5.41) is 12.9. The molecule has 1 aromatic heterocycles. The lowest BCUT2D eigenvalue weighted by atomic mass is 10.0. The summed E-state index contributed by atoms with van der Waals surface area (Å²) >= 11 is 1.46. The van der Waals surface area contributed by atoms with Crippen LogP contribution in [-0.4, -0.2) is 68.3 Å². The van der Waals surface area contributed by atoms with Crippen molar-refractivity contribution in [2.75, 3.05) is 32.4 Å². The number of thioether (sulfide) groups is 1. The molecule has 0 N–H and O–H groups in total. The minimum absolute atomic E-state index is 0.101. The Morgan fingerprint density at radius 1 is 1.19 bits per heavy atom. The van der Waals surface area contributed by atoms with Crippen LogP contribution in [0, 0.1) is 0 Å². The van der Waals surface area contributed by atoms with Gasteiger partial charge in [-0.15, -0.1) is 5.10 Å². The highest BCUT2D eigenvalue weighted by Crippen LogP contribution is 2.32. The van der Waals surface area contributed by atoms with Crippen molar-refractivity contribution >= 4 is 17.7 Å². The molecule has 1 aliphatic carbocycles. The van der Waals surface area contributed by atoms with E-state index in [1.54, 1.807) is 0 Å². The zero-order chi connectivity index (χ0) is 18.6. The third kappa shape index (κ3) is 4.16. The number of aromatic nitrogens is 4. The van der Waals surface area contributed by atoms with Crippen LogP contribution >= 0.6 is 11.8 Å². The molecule has 2 aliphatic rings. The van der Waals surface area contributed by atoms with Gasteiger partial charge in [0.15, 0.2) is 0 Å². The molecule has 1 saturated carbocycles. The second-order valence-corrected chi connectivity index (χ2v) is 8.35. The van der Waals surface area contributed by atoms with Gasteiger partial charge in [0.25, 0.3) is 0 Å². The van der Waals surface area contributed by atoms with Gasteiger partial charge in [-0.25, -0.2) is 4.68 Å². The van der Waals surface area contributed by atoms with E-state index >= 15 is 0 Å². The molecule has 0 spiro atoms. The fraction of sp³-hybridized carbons (Fsp3) is 0.579. The number of amides is 1. The summed E-state index contributed by atoms with van der Waals surface area (Å²) < 4.78 is 1.92. The molecule has 4 rings (SSSR count). The summed E-state index contributed by atoms with van der Waals surface area (Å²) in [6.45, 7) is 2.52. The molecule has 1 aliphatic heterocycles. The average molecular weight is 387 g/mol. The Morgan fingerprint density at radius 3 is 2.74 bits per heavy atom. The van der Waals surface area contributed by atoms with Crippen LogP contribution in [0.4, 0.5) is 0 Å². The molecule has 1 unspecified atom stereocenters. The SMILES string of the molecule is CN1CCN(C(=O)CSc2nnnn2C2CCCC2)C(c2ccccc2)C1. The molecule has 2 aromatic rings. The maximum absolute atomic E-state index is 13.0. The first-order chi connectivity index (χ1) is 13.2. The van der Waals surface area contributed by atoms with Gasteiger partial charge in [0.2, 0.25) is 11.1 Å². The van der Waals surface area contributed by atoms with Crippen LogP contribution in [0.5, 0.6) is 0 Å². The highest BCUT2D eigenvalue weighted by molar-refractivity contribution is 7.99. The Hall–Kier alpha value is -1.93. The number of rotatable bonds is 5. The van der Waals surface area contributed by atoms with E-state index in [1.165, 1.54) is 30.2 Å². The molecule has 7 nitrogen and oxygen atoms in total. The van der Waals surface area contributed by atoms with Crippen molar-refractivity contribution in [3.05, 3.63) is 35.9 Å². The molecule has 1 atom stereocenters. The lowest BCUT2D eigenvalue weighted by Gasteiger charge is -2.40. The maximum Gasteiger partial charge on any atom is 0.233 e. The highest BCUT2D eigenvalue weighted by Gasteiger charge is 2.30. The third-order valence-electron chi connectivity index (χ3n) is 5.55. The van der Waals surface area contributed by atoms with Gasteiger partial charge in [0.05, 0.1) is 17.8 Å². The zero-order valence-electron chi connectivity index (χ0n) is 15.7. The van der Waals surface area contributed by atoms with Gasteiger partial charge in [0.1, 0.15) is 0 Å². The lowest BCUT2D eigenvalue weighted by molar-refractivity contribution is -0.133. The van der Waals surface area contributed by atoms with Crippen LogP contribution in [0.25, 0.3) is 0 Å². The van der Waals surface area contributed by atoms with E-state index in [9.17, 15) is 4.79 Å². The number of carbonyl (C=O) groups excluding carboxylic acids is 1. The lowest BCUT2D eigenvalue weighted by Crippen LogP contribution is -2.49. The van der Waals surface area contributed by atoms with Crippen molar-refractivity contribution in [1.29, 1.82) is 0 Å². The average Bonchev–Trinajstić information content (AvgIpc) is 3.38. The van der Waals surface area contributed by atoms with Crippen LogP contribution in [-0.2, 0) is 4.79 Å². The summed E-state index contributed by atoms with van der Waals surface area (Å²) in [6, 6.07) is 10.8. The summed E-state index contributed by atoms with van der Waals surface area (Å²) in [5.41, 5.74) is 1.19. The van der Waals surface area contributed by atoms with Gasteiger partial charge in [-0.1, -0.05) is 54.9 Å². The topological polar surface area (TPSA) is 67.2 Å². The Labute approximate surface area is 164 Å². The second kappa shape index (κ2) is 8.39. The Morgan fingerprint density at radius 2 is 1.96 bits per heavy atom. The Kier molecular flexibility index (Phi) is 5.73. The molecular formula is C19H26N6OS. The minimum atomic E-state index is 0.101.